The van der Waals surface area contributed by atoms with Gasteiger partial charge in [0, 0.05) is 35.2 Å². The number of likely N-dealkylation sites (N-methyl/N-ethyl adjacent to an activating group) is 1. The lowest BCUT2D eigenvalue weighted by atomic mass is 10.3. The number of rotatable bonds is 10. The molecule has 0 bridgehead atoms. The van der Waals surface area contributed by atoms with Crippen LogP contribution in [0, 0.1) is 0 Å². The van der Waals surface area contributed by atoms with Crippen molar-refractivity contribution in [1.29, 1.82) is 0 Å². The second-order valence-electron chi connectivity index (χ2n) is 7.05. The van der Waals surface area contributed by atoms with Crippen molar-refractivity contribution in [3.05, 3.63) is 41.4 Å². The van der Waals surface area contributed by atoms with Gasteiger partial charge >= 0.3 is 0 Å². The summed E-state index contributed by atoms with van der Waals surface area (Å²) in [7, 11) is 7.22. The van der Waals surface area contributed by atoms with Gasteiger partial charge in [-0.1, -0.05) is 22.9 Å². The molecule has 6 nitrogen and oxygen atoms in total. The molecule has 0 N–H and O–H groups in total. The quantitative estimate of drug-likeness (QED) is 0.334. The SMILES string of the molecule is COc1ccc(OC)c2sc(N(CCN(C)C)C(=O)CCSc3ccc(Cl)cc3)nc12.Cl. The summed E-state index contributed by atoms with van der Waals surface area (Å²) in [5.74, 6) is 2.10. The zero-order valence-electron chi connectivity index (χ0n) is 18.5. The number of hydrogen-bond acceptors (Lipinski definition) is 7. The van der Waals surface area contributed by atoms with Crippen molar-refractivity contribution in [2.45, 2.75) is 11.3 Å². The largest absolute Gasteiger partial charge is 0.495 e. The molecule has 0 aliphatic heterocycles. The van der Waals surface area contributed by atoms with Gasteiger partial charge in [-0.05, 0) is 50.5 Å². The summed E-state index contributed by atoms with van der Waals surface area (Å²) in [6.45, 7) is 1.29. The molecular formula is C22H27Cl2N3O3S2. The molecule has 1 amide bonds. The first-order chi connectivity index (χ1) is 14.9. The number of carbonyl (C=O) groups excluding carboxylic acids is 1. The predicted molar refractivity (Wildman–Crippen MR) is 138 cm³/mol. The third-order valence-electron chi connectivity index (χ3n) is 4.60. The van der Waals surface area contributed by atoms with E-state index < -0.39 is 0 Å². The number of methoxy groups -OCH3 is 2. The standard InChI is InChI=1S/C22H26ClN3O3S2.ClH/c1-25(2)12-13-26(19(27)11-14-30-16-7-5-15(23)6-8-16)22-24-20-17(28-3)9-10-18(29-4)21(20)31-22;/h5-10H,11-14H2,1-4H3;1H. The Morgan fingerprint density at radius 1 is 1.06 bits per heavy atom. The van der Waals surface area contributed by atoms with Crippen molar-refractivity contribution >= 4 is 68.4 Å². The molecule has 0 spiro atoms. The highest BCUT2D eigenvalue weighted by Crippen LogP contribution is 2.40. The van der Waals surface area contributed by atoms with Crippen LogP contribution in [0.3, 0.4) is 0 Å². The molecule has 3 aromatic rings. The maximum Gasteiger partial charge on any atom is 0.229 e. The molecule has 32 heavy (non-hydrogen) atoms. The van der Waals surface area contributed by atoms with Crippen LogP contribution in [0.1, 0.15) is 6.42 Å². The molecule has 174 valence electrons. The summed E-state index contributed by atoms with van der Waals surface area (Å²) in [6, 6.07) is 11.3. The molecule has 0 atom stereocenters. The molecule has 0 saturated carbocycles. The normalized spacial score (nSPS) is 10.8. The predicted octanol–water partition coefficient (Wildman–Crippen LogP) is 5.47. The number of nitrogens with zero attached hydrogens (tertiary/aromatic N) is 3. The first-order valence-corrected chi connectivity index (χ1v) is 12.0. The number of anilines is 1. The molecule has 2 aromatic carbocycles. The zero-order valence-corrected chi connectivity index (χ0v) is 21.7. The fourth-order valence-corrected chi connectivity index (χ4v) is 5.02. The molecule has 1 heterocycles. The van der Waals surface area contributed by atoms with E-state index in [-0.39, 0.29) is 18.3 Å². The van der Waals surface area contributed by atoms with Crippen LogP contribution in [0.2, 0.25) is 5.02 Å². The van der Waals surface area contributed by atoms with E-state index in [9.17, 15) is 4.79 Å². The van der Waals surface area contributed by atoms with Gasteiger partial charge in [-0.2, -0.15) is 0 Å². The Morgan fingerprint density at radius 2 is 1.72 bits per heavy atom. The highest BCUT2D eigenvalue weighted by molar-refractivity contribution is 7.99. The van der Waals surface area contributed by atoms with Gasteiger partial charge in [0.05, 0.1) is 14.2 Å². The Bertz CT molecular complexity index is 988. The van der Waals surface area contributed by atoms with Gasteiger partial charge in [-0.15, -0.1) is 24.2 Å². The van der Waals surface area contributed by atoms with E-state index in [0.29, 0.717) is 40.1 Å². The van der Waals surface area contributed by atoms with E-state index in [1.54, 1.807) is 30.9 Å². The molecule has 0 aliphatic rings. The molecule has 0 unspecified atom stereocenters. The van der Waals surface area contributed by atoms with Gasteiger partial charge in [-0.25, -0.2) is 4.98 Å². The van der Waals surface area contributed by atoms with Gasteiger partial charge in [0.25, 0.3) is 0 Å². The molecule has 0 radical (unpaired) electrons. The number of fused-ring (bicyclic) bond motifs is 1. The minimum atomic E-state index is 0. The minimum Gasteiger partial charge on any atom is -0.495 e. The number of ether oxygens (including phenoxy) is 2. The zero-order chi connectivity index (χ0) is 22.4. The second-order valence-corrected chi connectivity index (χ2v) is 9.63. The van der Waals surface area contributed by atoms with Crippen molar-refractivity contribution < 1.29 is 14.3 Å². The first-order valence-electron chi connectivity index (χ1n) is 9.78. The van der Waals surface area contributed by atoms with Crippen molar-refractivity contribution in [3.8, 4) is 11.5 Å². The minimum absolute atomic E-state index is 0. The van der Waals surface area contributed by atoms with Crippen molar-refractivity contribution in [2.24, 2.45) is 0 Å². The smallest absolute Gasteiger partial charge is 0.229 e. The molecule has 10 heteroatoms. The molecule has 0 saturated heterocycles. The maximum atomic E-state index is 13.2. The third kappa shape index (κ3) is 6.65. The van der Waals surface area contributed by atoms with Gasteiger partial charge in [0.15, 0.2) is 5.13 Å². The fourth-order valence-electron chi connectivity index (χ4n) is 2.94. The van der Waals surface area contributed by atoms with E-state index in [1.165, 1.54) is 11.3 Å². The number of hydrogen-bond donors (Lipinski definition) is 0. The average Bonchev–Trinajstić information content (AvgIpc) is 3.19. The van der Waals surface area contributed by atoms with Gasteiger partial charge in [0.1, 0.15) is 21.7 Å². The summed E-state index contributed by atoms with van der Waals surface area (Å²) in [4.78, 5) is 22.8. The van der Waals surface area contributed by atoms with Crippen LogP contribution in [0.4, 0.5) is 5.13 Å². The molecule has 3 rings (SSSR count). The summed E-state index contributed by atoms with van der Waals surface area (Å²) in [6.07, 6.45) is 0.408. The van der Waals surface area contributed by atoms with Crippen LogP contribution in [-0.4, -0.2) is 62.9 Å². The highest BCUT2D eigenvalue weighted by Gasteiger charge is 2.22. The molecule has 0 aliphatic carbocycles. The number of thiazole rings is 1. The number of thioether (sulfide) groups is 1. The highest BCUT2D eigenvalue weighted by atomic mass is 35.5. The number of aromatic nitrogens is 1. The number of halogens is 2. The van der Waals surface area contributed by atoms with Crippen LogP contribution in [0.25, 0.3) is 10.2 Å². The Morgan fingerprint density at radius 3 is 2.34 bits per heavy atom. The Hall–Kier alpha value is -1.71. The van der Waals surface area contributed by atoms with Crippen LogP contribution < -0.4 is 14.4 Å². The van der Waals surface area contributed by atoms with E-state index in [1.807, 2.05) is 50.5 Å². The van der Waals surface area contributed by atoms with E-state index in [0.717, 1.165) is 21.9 Å². The summed E-state index contributed by atoms with van der Waals surface area (Å²) in [5, 5.41) is 1.36. The van der Waals surface area contributed by atoms with Crippen molar-refractivity contribution in [1.82, 2.24) is 9.88 Å². The topological polar surface area (TPSA) is 54.9 Å². The van der Waals surface area contributed by atoms with Crippen LogP contribution >= 0.6 is 47.1 Å². The molecule has 0 fully saturated rings. The molecular weight excluding hydrogens is 489 g/mol. The lowest BCUT2D eigenvalue weighted by molar-refractivity contribution is -0.118. The van der Waals surface area contributed by atoms with Crippen LogP contribution in [0.5, 0.6) is 11.5 Å². The fraction of sp³-hybridized carbons (Fsp3) is 0.364. The molecule has 1 aromatic heterocycles. The summed E-state index contributed by atoms with van der Waals surface area (Å²) < 4.78 is 11.8. The van der Waals surface area contributed by atoms with Gasteiger partial charge in [0.2, 0.25) is 5.91 Å². The maximum absolute atomic E-state index is 13.2. The number of carbonyl (C=O) groups is 1. The van der Waals surface area contributed by atoms with E-state index >= 15 is 0 Å². The van der Waals surface area contributed by atoms with E-state index in [4.69, 9.17) is 26.1 Å². The summed E-state index contributed by atoms with van der Waals surface area (Å²) >= 11 is 9.03. The van der Waals surface area contributed by atoms with Crippen LogP contribution in [-0.2, 0) is 4.79 Å². The third-order valence-corrected chi connectivity index (χ3v) is 6.96. The summed E-state index contributed by atoms with van der Waals surface area (Å²) in [5.41, 5.74) is 0.708. The number of amides is 1. The second kappa shape index (κ2) is 12.5. The van der Waals surface area contributed by atoms with Crippen molar-refractivity contribution in [3.63, 3.8) is 0 Å². The first kappa shape index (κ1) is 26.5. The average molecular weight is 517 g/mol. The monoisotopic (exact) mass is 515 g/mol. The van der Waals surface area contributed by atoms with Crippen LogP contribution in [0.15, 0.2) is 41.3 Å². The number of benzene rings is 2. The Labute approximate surface area is 208 Å². The Balaban J connectivity index is 0.00000363. The Kier molecular flexibility index (Phi) is 10.4. The van der Waals surface area contributed by atoms with Gasteiger partial charge < -0.3 is 14.4 Å². The lowest BCUT2D eigenvalue weighted by Gasteiger charge is -2.22. The van der Waals surface area contributed by atoms with Gasteiger partial charge in [-0.3, -0.25) is 9.69 Å². The van der Waals surface area contributed by atoms with E-state index in [2.05, 4.69) is 4.90 Å². The van der Waals surface area contributed by atoms with Crippen molar-refractivity contribution in [2.75, 3.05) is 52.1 Å². The lowest BCUT2D eigenvalue weighted by Crippen LogP contribution is -2.36.